The van der Waals surface area contributed by atoms with Crippen molar-refractivity contribution in [3.63, 3.8) is 0 Å². The molecule has 0 saturated carbocycles. The van der Waals surface area contributed by atoms with Gasteiger partial charge in [-0.3, -0.25) is 4.98 Å². The fraction of sp³-hybridized carbons (Fsp3) is 0. The molecule has 9 nitrogen and oxygen atoms in total. The van der Waals surface area contributed by atoms with Crippen molar-refractivity contribution in [1.29, 1.82) is 10.5 Å². The first-order valence-corrected chi connectivity index (χ1v) is 25.1. The van der Waals surface area contributed by atoms with Crippen LogP contribution in [0.1, 0.15) is 11.1 Å². The number of aromatic nitrogens is 4. The molecule has 9 heteroatoms. The molecule has 0 radical (unpaired) electrons. The van der Waals surface area contributed by atoms with E-state index in [1.807, 2.05) is 97.2 Å². The van der Waals surface area contributed by atoms with Crippen LogP contribution in [-0.4, -0.2) is 18.7 Å². The second-order valence-electron chi connectivity index (χ2n) is 19.5. The topological polar surface area (TPSA) is 115 Å². The fourth-order valence-corrected chi connectivity index (χ4v) is 12.8. The van der Waals surface area contributed by atoms with Crippen molar-refractivity contribution in [1.82, 2.24) is 18.7 Å². The molecule has 0 bridgehead atoms. The Bertz CT molecular complexity index is 5510. The Kier molecular flexibility index (Phi) is 7.96. The number of rotatable bonds is 4. The summed E-state index contributed by atoms with van der Waals surface area (Å²) in [6.07, 6.45) is 3.63. The summed E-state index contributed by atoms with van der Waals surface area (Å²) in [4.78, 5) is 4.82. The number of pyridine rings is 1. The van der Waals surface area contributed by atoms with Crippen molar-refractivity contribution in [3.05, 3.63) is 218 Å². The minimum Gasteiger partial charge on any atom is -0.455 e. The smallest absolute Gasteiger partial charge is 0.145 e. The van der Waals surface area contributed by atoms with Crippen molar-refractivity contribution in [2.45, 2.75) is 0 Å². The molecule has 17 rings (SSSR count). The van der Waals surface area contributed by atoms with Crippen molar-refractivity contribution in [2.24, 2.45) is 0 Å². The van der Waals surface area contributed by atoms with E-state index in [0.717, 1.165) is 137 Å². The summed E-state index contributed by atoms with van der Waals surface area (Å²) >= 11 is 0. The molecule has 0 aliphatic rings. The van der Waals surface area contributed by atoms with Gasteiger partial charge in [0, 0.05) is 72.0 Å². The molecule has 7 aromatic heterocycles. The molecular formula is C67H34N6O3. The molecule has 76 heavy (non-hydrogen) atoms. The van der Waals surface area contributed by atoms with Gasteiger partial charge < -0.3 is 27.0 Å². The van der Waals surface area contributed by atoms with Crippen LogP contribution in [0, 0.1) is 22.7 Å². The Hall–Kier alpha value is -10.9. The van der Waals surface area contributed by atoms with E-state index in [1.54, 1.807) is 6.20 Å². The van der Waals surface area contributed by atoms with Gasteiger partial charge in [0.15, 0.2) is 0 Å². The molecule has 0 amide bonds. The summed E-state index contributed by atoms with van der Waals surface area (Å²) in [5, 5.41) is 36.0. The summed E-state index contributed by atoms with van der Waals surface area (Å²) in [5.74, 6) is 0. The number of nitriles is 2. The molecule has 0 fully saturated rings. The predicted octanol–water partition coefficient (Wildman–Crippen LogP) is 17.5. The van der Waals surface area contributed by atoms with Crippen LogP contribution in [-0.2, 0) is 0 Å². The fourth-order valence-electron chi connectivity index (χ4n) is 12.8. The molecule has 0 N–H and O–H groups in total. The van der Waals surface area contributed by atoms with Gasteiger partial charge in [0.25, 0.3) is 0 Å². The quantitative estimate of drug-likeness (QED) is 0.173. The molecule has 0 spiro atoms. The van der Waals surface area contributed by atoms with Crippen molar-refractivity contribution < 1.29 is 13.3 Å². The highest BCUT2D eigenvalue weighted by molar-refractivity contribution is 6.28. The summed E-state index contributed by atoms with van der Waals surface area (Å²) in [6.45, 7) is 0. The van der Waals surface area contributed by atoms with Crippen LogP contribution < -0.4 is 0 Å². The van der Waals surface area contributed by atoms with Crippen LogP contribution in [0.4, 0.5) is 0 Å². The van der Waals surface area contributed by atoms with E-state index in [1.165, 1.54) is 0 Å². The lowest BCUT2D eigenvalue weighted by Gasteiger charge is -2.26. The van der Waals surface area contributed by atoms with Gasteiger partial charge in [-0.1, -0.05) is 115 Å². The normalized spacial score (nSPS) is 12.2. The van der Waals surface area contributed by atoms with Gasteiger partial charge >= 0.3 is 0 Å². The minimum atomic E-state index is 0.194. The van der Waals surface area contributed by atoms with E-state index in [0.29, 0.717) is 22.6 Å². The zero-order valence-electron chi connectivity index (χ0n) is 40.0. The highest BCUT2D eigenvalue weighted by Gasteiger charge is 2.35. The largest absolute Gasteiger partial charge is 0.455 e. The van der Waals surface area contributed by atoms with Gasteiger partial charge in [-0.25, -0.2) is 0 Å². The van der Waals surface area contributed by atoms with Crippen LogP contribution >= 0.6 is 0 Å². The number of hydrogen-bond acceptors (Lipinski definition) is 6. The summed E-state index contributed by atoms with van der Waals surface area (Å²) < 4.78 is 27.2. The average Bonchev–Trinajstić information content (AvgIpc) is 4.50. The van der Waals surface area contributed by atoms with E-state index in [2.05, 4.69) is 129 Å². The van der Waals surface area contributed by atoms with Crippen LogP contribution in [0.15, 0.2) is 220 Å². The second kappa shape index (κ2) is 14.9. The second-order valence-corrected chi connectivity index (χ2v) is 19.5. The predicted molar refractivity (Wildman–Crippen MR) is 304 cm³/mol. The first-order chi connectivity index (χ1) is 37.7. The van der Waals surface area contributed by atoms with E-state index in [4.69, 9.17) is 18.2 Å². The van der Waals surface area contributed by atoms with Crippen LogP contribution in [0.5, 0.6) is 0 Å². The number of fused-ring (bicyclic) bond motifs is 21. The lowest BCUT2D eigenvalue weighted by molar-refractivity contribution is 0.672. The zero-order valence-corrected chi connectivity index (χ0v) is 40.0. The van der Waals surface area contributed by atoms with Gasteiger partial charge in [0.2, 0.25) is 0 Å². The molecule has 0 saturated heterocycles. The highest BCUT2D eigenvalue weighted by Crippen LogP contribution is 2.52. The van der Waals surface area contributed by atoms with Gasteiger partial charge in [-0.05, 0) is 78.9 Å². The molecule has 0 aliphatic heterocycles. The third kappa shape index (κ3) is 5.12. The molecule has 7 heterocycles. The van der Waals surface area contributed by atoms with Crippen LogP contribution in [0.3, 0.4) is 0 Å². The van der Waals surface area contributed by atoms with Gasteiger partial charge in [0.05, 0.1) is 77.4 Å². The number of para-hydroxylation sites is 6. The highest BCUT2D eigenvalue weighted by atomic mass is 16.3. The van der Waals surface area contributed by atoms with E-state index < -0.39 is 0 Å². The van der Waals surface area contributed by atoms with Crippen molar-refractivity contribution in [2.75, 3.05) is 0 Å². The first-order valence-electron chi connectivity index (χ1n) is 25.1. The third-order valence-corrected chi connectivity index (χ3v) is 15.8. The number of hydrogen-bond donors (Lipinski definition) is 0. The standard InChI is InChI=1S/C67H34N6O3/c68-34-47-48(35-69)63(72-50-22-8-2-19-45(50)60-53(72)31-28-42-39-16-5-11-25-56(39)75-66(42)60)64(73-51-23-9-3-20-46(51)61-54(73)32-29-43-40-17-6-12-26-57(40)76-67(43)61)58(37-14-13-33-70-36-37)62(47)71-49-21-7-1-18-44(49)59-52(71)30-27-41-38-15-4-10-24-55(38)74-65(41)59/h1-33,36H. The third-order valence-electron chi connectivity index (χ3n) is 15.8. The molecule has 350 valence electrons. The van der Waals surface area contributed by atoms with E-state index in [-0.39, 0.29) is 11.1 Å². The van der Waals surface area contributed by atoms with Crippen molar-refractivity contribution in [3.8, 4) is 40.3 Å². The van der Waals surface area contributed by atoms with E-state index >= 15 is 0 Å². The molecule has 0 atom stereocenters. The molecule has 17 aromatic rings. The number of benzene rings is 10. The first kappa shape index (κ1) is 40.7. The molecule has 10 aromatic carbocycles. The minimum absolute atomic E-state index is 0.194. The van der Waals surface area contributed by atoms with Crippen LogP contribution in [0.2, 0.25) is 0 Å². The van der Waals surface area contributed by atoms with E-state index in [9.17, 15) is 10.5 Å². The zero-order chi connectivity index (χ0) is 49.9. The van der Waals surface area contributed by atoms with Gasteiger partial charge in [0.1, 0.15) is 45.6 Å². The molecular weight excluding hydrogens is 937 g/mol. The summed E-state index contributed by atoms with van der Waals surface area (Å²) in [5.41, 5.74) is 13.2. The lowest BCUT2D eigenvalue weighted by atomic mass is 9.92. The maximum Gasteiger partial charge on any atom is 0.145 e. The summed E-state index contributed by atoms with van der Waals surface area (Å²) in [6, 6.07) is 71.4. The SMILES string of the molecule is N#Cc1c(C#N)c(-n2c3ccccc3c3c4oc5ccccc5c4ccc32)c(-n2c3ccccc3c3c4oc5ccccc5c4ccc32)c(-c2cccnc2)c1-n1c2ccccc2c2c3oc4ccccc4c3ccc21. The summed E-state index contributed by atoms with van der Waals surface area (Å²) in [7, 11) is 0. The van der Waals surface area contributed by atoms with Crippen molar-refractivity contribution >= 4 is 131 Å². The monoisotopic (exact) mass is 970 g/mol. The number of furan rings is 3. The molecule has 0 aliphatic carbocycles. The lowest BCUT2D eigenvalue weighted by Crippen LogP contribution is -2.14. The Morgan fingerprint density at radius 1 is 0.329 bits per heavy atom. The Morgan fingerprint density at radius 3 is 1.11 bits per heavy atom. The van der Waals surface area contributed by atoms with Gasteiger partial charge in [-0.15, -0.1) is 0 Å². The van der Waals surface area contributed by atoms with Crippen LogP contribution in [0.25, 0.3) is 159 Å². The Labute approximate surface area is 429 Å². The maximum absolute atomic E-state index is 12.2. The number of nitrogens with zero attached hydrogens (tertiary/aromatic N) is 6. The maximum atomic E-state index is 12.2. The Morgan fingerprint density at radius 2 is 0.697 bits per heavy atom. The molecule has 0 unspecified atom stereocenters. The van der Waals surface area contributed by atoms with Gasteiger partial charge in [-0.2, -0.15) is 10.5 Å². The average molecular weight is 971 g/mol. The Balaban J connectivity index is 1.15.